The van der Waals surface area contributed by atoms with E-state index in [4.69, 9.17) is 9.47 Å². The predicted molar refractivity (Wildman–Crippen MR) is 75.7 cm³/mol. The van der Waals surface area contributed by atoms with Gasteiger partial charge in [-0.3, -0.25) is 4.21 Å². The van der Waals surface area contributed by atoms with E-state index in [0.717, 1.165) is 25.7 Å². The summed E-state index contributed by atoms with van der Waals surface area (Å²) in [4.78, 5) is 0. The van der Waals surface area contributed by atoms with Gasteiger partial charge in [0.1, 0.15) is 0 Å². The van der Waals surface area contributed by atoms with Gasteiger partial charge in [-0.05, 0) is 38.5 Å². The lowest BCUT2D eigenvalue weighted by molar-refractivity contribution is -0.00843. The molecule has 2 saturated heterocycles. The van der Waals surface area contributed by atoms with Crippen LogP contribution in [0.25, 0.3) is 0 Å². The summed E-state index contributed by atoms with van der Waals surface area (Å²) in [5, 5.41) is 11.1. The largest absolute Gasteiger partial charge is 0.390 e. The van der Waals surface area contributed by atoms with E-state index >= 15 is 0 Å². The average molecular weight is 290 g/mol. The lowest BCUT2D eigenvalue weighted by Gasteiger charge is -2.43. The van der Waals surface area contributed by atoms with E-state index in [1.54, 1.807) is 7.11 Å². The summed E-state index contributed by atoms with van der Waals surface area (Å²) in [5.74, 6) is 0. The number of hydrogen-bond donors (Lipinski definition) is 1. The number of aliphatic hydroxyl groups is 1. The molecule has 2 rings (SSSR count). The van der Waals surface area contributed by atoms with Crippen LogP contribution >= 0.6 is 0 Å². The molecular formula is C14H26O4S. The first kappa shape index (κ1) is 15.4. The summed E-state index contributed by atoms with van der Waals surface area (Å²) >= 11 is 0. The van der Waals surface area contributed by atoms with Crippen molar-refractivity contribution in [2.45, 2.75) is 61.0 Å². The van der Waals surface area contributed by atoms with Gasteiger partial charge in [-0.2, -0.15) is 0 Å². The Balaban J connectivity index is 1.72. The van der Waals surface area contributed by atoms with Crippen LogP contribution in [-0.2, 0) is 20.3 Å². The van der Waals surface area contributed by atoms with Gasteiger partial charge in [0.25, 0.3) is 0 Å². The molecule has 2 bridgehead atoms. The first-order chi connectivity index (χ1) is 9.14. The fourth-order valence-corrected chi connectivity index (χ4v) is 5.62. The van der Waals surface area contributed by atoms with E-state index in [1.165, 1.54) is 6.42 Å². The Morgan fingerprint density at radius 1 is 1.21 bits per heavy atom. The smallest absolute Gasteiger partial charge is 0.0700 e. The average Bonchev–Trinajstić information content (AvgIpc) is 2.36. The fraction of sp³-hybridized carbons (Fsp3) is 1.00. The second-order valence-electron chi connectivity index (χ2n) is 5.84. The SMILES string of the molecule is COCCOCCCC1(O)CC2CCCC(C1)S2=O. The molecule has 19 heavy (non-hydrogen) atoms. The molecule has 0 aromatic heterocycles. The molecular weight excluding hydrogens is 264 g/mol. The maximum absolute atomic E-state index is 12.1. The molecule has 0 amide bonds. The first-order valence-corrected chi connectivity index (χ1v) is 8.61. The molecule has 0 radical (unpaired) electrons. The van der Waals surface area contributed by atoms with Crippen LogP contribution in [0, 0.1) is 0 Å². The molecule has 2 unspecified atom stereocenters. The normalized spacial score (nSPS) is 38.3. The van der Waals surface area contributed by atoms with Crippen LogP contribution in [0.2, 0.25) is 0 Å². The van der Waals surface area contributed by atoms with Crippen LogP contribution in [0.1, 0.15) is 44.9 Å². The molecule has 5 heteroatoms. The third kappa shape index (κ3) is 4.25. The van der Waals surface area contributed by atoms with Crippen molar-refractivity contribution in [3.63, 3.8) is 0 Å². The summed E-state index contributed by atoms with van der Waals surface area (Å²) < 4.78 is 22.4. The van der Waals surface area contributed by atoms with Crippen LogP contribution < -0.4 is 0 Å². The van der Waals surface area contributed by atoms with Gasteiger partial charge in [0.05, 0.1) is 18.8 Å². The predicted octanol–water partition coefficient (Wildman–Crippen LogP) is 1.62. The van der Waals surface area contributed by atoms with Crippen molar-refractivity contribution in [1.29, 1.82) is 0 Å². The standard InChI is InChI=1S/C14H26O4S/c1-17-8-9-18-7-3-6-14(15)10-12-4-2-5-13(11-14)19(12)16/h12-13,15H,2-11H2,1H3. The van der Waals surface area contributed by atoms with E-state index in [0.29, 0.717) is 32.7 Å². The van der Waals surface area contributed by atoms with Crippen molar-refractivity contribution in [3.8, 4) is 0 Å². The first-order valence-electron chi connectivity index (χ1n) is 7.33. The van der Waals surface area contributed by atoms with Gasteiger partial charge in [0.2, 0.25) is 0 Å². The molecule has 0 aliphatic carbocycles. The maximum Gasteiger partial charge on any atom is 0.0700 e. The lowest BCUT2D eigenvalue weighted by atomic mass is 9.82. The van der Waals surface area contributed by atoms with Crippen molar-refractivity contribution in [3.05, 3.63) is 0 Å². The summed E-state index contributed by atoms with van der Waals surface area (Å²) in [6, 6.07) is 0. The zero-order chi connectivity index (χ0) is 13.7. The lowest BCUT2D eigenvalue weighted by Crippen LogP contribution is -2.49. The molecule has 2 aliphatic rings. The summed E-state index contributed by atoms with van der Waals surface area (Å²) in [6.07, 6.45) is 6.29. The molecule has 0 spiro atoms. The number of methoxy groups -OCH3 is 1. The molecule has 2 fully saturated rings. The van der Waals surface area contributed by atoms with Gasteiger partial charge < -0.3 is 14.6 Å². The number of rotatable bonds is 7. The Morgan fingerprint density at radius 3 is 2.53 bits per heavy atom. The minimum Gasteiger partial charge on any atom is -0.390 e. The third-order valence-corrected chi connectivity index (χ3v) is 6.41. The van der Waals surface area contributed by atoms with Crippen molar-refractivity contribution in [2.75, 3.05) is 26.9 Å². The Morgan fingerprint density at radius 2 is 1.89 bits per heavy atom. The van der Waals surface area contributed by atoms with Gasteiger partial charge in [0, 0.05) is 35.0 Å². The van der Waals surface area contributed by atoms with Gasteiger partial charge in [0.15, 0.2) is 0 Å². The molecule has 2 aliphatic heterocycles. The van der Waals surface area contributed by atoms with E-state index in [9.17, 15) is 9.32 Å². The van der Waals surface area contributed by atoms with E-state index < -0.39 is 16.4 Å². The fourth-order valence-electron chi connectivity index (χ4n) is 3.33. The highest BCUT2D eigenvalue weighted by molar-refractivity contribution is 7.86. The van der Waals surface area contributed by atoms with Crippen LogP contribution in [0.15, 0.2) is 0 Å². The van der Waals surface area contributed by atoms with Crippen molar-refractivity contribution < 1.29 is 18.8 Å². The van der Waals surface area contributed by atoms with Gasteiger partial charge >= 0.3 is 0 Å². The van der Waals surface area contributed by atoms with Crippen LogP contribution in [0.3, 0.4) is 0 Å². The minimum atomic E-state index is -0.702. The van der Waals surface area contributed by atoms with E-state index in [2.05, 4.69) is 0 Å². The molecule has 4 nitrogen and oxygen atoms in total. The van der Waals surface area contributed by atoms with Crippen LogP contribution in [0.4, 0.5) is 0 Å². The zero-order valence-electron chi connectivity index (χ0n) is 11.8. The molecule has 112 valence electrons. The van der Waals surface area contributed by atoms with Crippen molar-refractivity contribution >= 4 is 10.8 Å². The number of hydrogen-bond acceptors (Lipinski definition) is 4. The van der Waals surface area contributed by atoms with Crippen LogP contribution in [-0.4, -0.2) is 52.3 Å². The molecule has 0 saturated carbocycles. The molecule has 0 aromatic carbocycles. The number of ether oxygens (including phenoxy) is 2. The Hall–Kier alpha value is 0.0300. The van der Waals surface area contributed by atoms with E-state index in [1.807, 2.05) is 0 Å². The quantitative estimate of drug-likeness (QED) is 0.724. The second kappa shape index (κ2) is 7.16. The minimum absolute atomic E-state index is 0.229. The zero-order valence-corrected chi connectivity index (χ0v) is 12.6. The van der Waals surface area contributed by atoms with Gasteiger partial charge in [-0.15, -0.1) is 0 Å². The third-order valence-electron chi connectivity index (χ3n) is 4.29. The topological polar surface area (TPSA) is 55.8 Å². The monoisotopic (exact) mass is 290 g/mol. The summed E-state index contributed by atoms with van der Waals surface area (Å²) in [6.45, 7) is 1.90. The van der Waals surface area contributed by atoms with E-state index in [-0.39, 0.29) is 10.5 Å². The second-order valence-corrected chi connectivity index (χ2v) is 7.84. The highest BCUT2D eigenvalue weighted by Crippen LogP contribution is 2.41. The number of fused-ring (bicyclic) bond motifs is 2. The van der Waals surface area contributed by atoms with Gasteiger partial charge in [-0.1, -0.05) is 6.42 Å². The molecule has 2 atom stereocenters. The Kier molecular flexibility index (Phi) is 5.81. The highest BCUT2D eigenvalue weighted by atomic mass is 32.2. The Bertz CT molecular complexity index is 292. The molecule has 1 N–H and O–H groups in total. The molecule has 2 heterocycles. The molecule has 0 aromatic rings. The van der Waals surface area contributed by atoms with Gasteiger partial charge in [-0.25, -0.2) is 0 Å². The van der Waals surface area contributed by atoms with Crippen molar-refractivity contribution in [2.24, 2.45) is 0 Å². The highest BCUT2D eigenvalue weighted by Gasteiger charge is 2.44. The Labute approximate surface area is 118 Å². The van der Waals surface area contributed by atoms with Crippen molar-refractivity contribution in [1.82, 2.24) is 0 Å². The maximum atomic E-state index is 12.1. The van der Waals surface area contributed by atoms with Crippen LogP contribution in [0.5, 0.6) is 0 Å². The summed E-state index contributed by atoms with van der Waals surface area (Å²) in [5.41, 5.74) is -0.603. The summed E-state index contributed by atoms with van der Waals surface area (Å²) in [7, 11) is 0.958.